The number of carbonyl (C=O) groups excluding carboxylic acids is 3. The van der Waals surface area contributed by atoms with Crippen molar-refractivity contribution in [2.24, 2.45) is 5.92 Å². The van der Waals surface area contributed by atoms with Crippen LogP contribution in [-0.2, 0) is 14.3 Å². The van der Waals surface area contributed by atoms with Crippen LogP contribution in [0.1, 0.15) is 21.8 Å². The van der Waals surface area contributed by atoms with Crippen molar-refractivity contribution in [3.63, 3.8) is 0 Å². The molecule has 1 fully saturated rings. The van der Waals surface area contributed by atoms with E-state index in [2.05, 4.69) is 10.1 Å². The summed E-state index contributed by atoms with van der Waals surface area (Å²) in [5.41, 5.74) is -3.45. The predicted molar refractivity (Wildman–Crippen MR) is 152 cm³/mol. The zero-order valence-electron chi connectivity index (χ0n) is 21.5. The van der Waals surface area contributed by atoms with Gasteiger partial charge in [-0.2, -0.15) is 0 Å². The maximum Gasteiger partial charge on any atom is 0.523 e. The molecular formula is C26H13Cl5F7N3O4. The van der Waals surface area contributed by atoms with E-state index < -0.39 is 92.8 Å². The summed E-state index contributed by atoms with van der Waals surface area (Å²) in [5.74, 6) is -12.7. The van der Waals surface area contributed by atoms with Crippen molar-refractivity contribution in [1.29, 1.82) is 0 Å². The Morgan fingerprint density at radius 1 is 0.844 bits per heavy atom. The number of benzene rings is 3. The zero-order valence-corrected chi connectivity index (χ0v) is 25.3. The van der Waals surface area contributed by atoms with Crippen molar-refractivity contribution in [2.75, 3.05) is 22.6 Å². The minimum atomic E-state index is -5.18. The fourth-order valence-electron chi connectivity index (χ4n) is 4.15. The first-order valence-corrected chi connectivity index (χ1v) is 13.8. The number of hydrogen-bond donors (Lipinski definition) is 3. The molecule has 3 amide bonds. The maximum atomic E-state index is 14.9. The number of ether oxygens (including phenoxy) is 1. The van der Waals surface area contributed by atoms with Crippen LogP contribution in [0.3, 0.4) is 0 Å². The molecule has 1 unspecified atom stereocenters. The Hall–Kier alpha value is -3.01. The molecular weight excluding hydrogens is 729 g/mol. The molecule has 19 heteroatoms. The molecule has 3 aromatic carbocycles. The highest BCUT2D eigenvalue weighted by atomic mass is 35.5. The Morgan fingerprint density at radius 3 is 2.07 bits per heavy atom. The van der Waals surface area contributed by atoms with Crippen LogP contribution < -0.4 is 16.0 Å². The van der Waals surface area contributed by atoms with Gasteiger partial charge in [-0.15, -0.1) is 36.4 Å². The number of anilines is 3. The lowest BCUT2D eigenvalue weighted by molar-refractivity contribution is -0.320. The van der Waals surface area contributed by atoms with Crippen LogP contribution in [0.25, 0.3) is 0 Å². The average Bonchev–Trinajstić information content (AvgIpc) is 3.53. The maximum absolute atomic E-state index is 14.9. The molecule has 1 aliphatic rings. The van der Waals surface area contributed by atoms with Crippen molar-refractivity contribution in [2.45, 2.75) is 16.6 Å². The van der Waals surface area contributed by atoms with Crippen LogP contribution in [0.4, 0.5) is 47.8 Å². The second kappa shape index (κ2) is 13.0. The van der Waals surface area contributed by atoms with E-state index in [9.17, 15) is 45.1 Å². The van der Waals surface area contributed by atoms with Gasteiger partial charge in [-0.05, 0) is 35.9 Å². The summed E-state index contributed by atoms with van der Waals surface area (Å²) in [6.45, 7) is -1.58. The SMILES string of the molecule is O=C(COC(F)(F)F)Nc1ccc(F)c(NC(=O)c2cc(NC(=O)C3[C@H](c4cc(Cl)c(Cl)c(Cl)c4)C3(Cl)Cl)cc(F)c2F)c1F. The smallest absolute Gasteiger partial charge is 0.326 e. The van der Waals surface area contributed by atoms with Gasteiger partial charge in [0.1, 0.15) is 22.4 Å². The summed E-state index contributed by atoms with van der Waals surface area (Å²) in [7, 11) is 0. The normalized spacial score (nSPS) is 17.1. The number of amides is 3. The van der Waals surface area contributed by atoms with Gasteiger partial charge in [-0.1, -0.05) is 34.8 Å². The first kappa shape index (κ1) is 34.9. The molecule has 45 heavy (non-hydrogen) atoms. The molecule has 240 valence electrons. The quantitative estimate of drug-likeness (QED) is 0.123. The molecule has 7 nitrogen and oxygen atoms in total. The van der Waals surface area contributed by atoms with E-state index in [1.807, 2.05) is 0 Å². The summed E-state index contributed by atoms with van der Waals surface area (Å²) in [6, 6.07) is 5.03. The third-order valence-electron chi connectivity index (χ3n) is 6.21. The van der Waals surface area contributed by atoms with Crippen LogP contribution in [0.15, 0.2) is 36.4 Å². The monoisotopic (exact) mass is 739 g/mol. The molecule has 0 bridgehead atoms. The predicted octanol–water partition coefficient (Wildman–Crippen LogP) is 8.46. The number of hydrogen-bond acceptors (Lipinski definition) is 4. The van der Waals surface area contributed by atoms with E-state index in [0.29, 0.717) is 29.8 Å². The van der Waals surface area contributed by atoms with Crippen LogP contribution in [0.5, 0.6) is 0 Å². The fourth-order valence-corrected chi connectivity index (χ4v) is 5.59. The number of rotatable bonds is 8. The molecule has 4 rings (SSSR count). The highest BCUT2D eigenvalue weighted by molar-refractivity contribution is 6.54. The molecule has 1 saturated carbocycles. The van der Waals surface area contributed by atoms with Gasteiger partial charge in [0.05, 0.1) is 32.2 Å². The van der Waals surface area contributed by atoms with Crippen molar-refractivity contribution >= 4 is 92.8 Å². The van der Waals surface area contributed by atoms with Crippen molar-refractivity contribution < 1.29 is 49.9 Å². The number of halogens is 12. The number of alkyl halides is 5. The van der Waals surface area contributed by atoms with Gasteiger partial charge >= 0.3 is 6.36 Å². The lowest BCUT2D eigenvalue weighted by atomic mass is 10.1. The Morgan fingerprint density at radius 2 is 1.47 bits per heavy atom. The molecule has 3 aromatic rings. The Balaban J connectivity index is 1.53. The van der Waals surface area contributed by atoms with Gasteiger partial charge in [0.25, 0.3) is 11.8 Å². The topological polar surface area (TPSA) is 96.5 Å². The van der Waals surface area contributed by atoms with E-state index in [1.165, 1.54) is 12.1 Å². The lowest BCUT2D eigenvalue weighted by Crippen LogP contribution is -2.25. The molecule has 0 aliphatic heterocycles. The summed E-state index contributed by atoms with van der Waals surface area (Å²) in [5, 5.41) is 5.69. The summed E-state index contributed by atoms with van der Waals surface area (Å²) in [6.07, 6.45) is -5.18. The zero-order chi connectivity index (χ0) is 33.6. The van der Waals surface area contributed by atoms with Crippen molar-refractivity contribution in [1.82, 2.24) is 0 Å². The fraction of sp³-hybridized carbons (Fsp3) is 0.192. The van der Waals surface area contributed by atoms with Gasteiger partial charge in [0.15, 0.2) is 17.5 Å². The Bertz CT molecular complexity index is 1700. The Labute approximate surface area is 272 Å². The third kappa shape index (κ3) is 7.69. The summed E-state index contributed by atoms with van der Waals surface area (Å²) >= 11 is 30.6. The van der Waals surface area contributed by atoms with E-state index in [-0.39, 0.29) is 15.1 Å². The van der Waals surface area contributed by atoms with Crippen molar-refractivity contribution in [3.05, 3.63) is 85.9 Å². The second-order valence-electron chi connectivity index (χ2n) is 9.26. The minimum absolute atomic E-state index is 0.0397. The molecule has 1 aliphatic carbocycles. The standard InChI is InChI=1S/C26H13Cl5F7N3O4/c27-11-3-8(4-12(28)19(11)29)17-18(25(17,30)31)24(44)39-9-5-10(20(34)14(33)6-9)23(43)41-22-13(32)1-2-15(21(22)35)40-16(42)7-45-26(36,37)38/h1-6,17-18H,7H2,(H,39,44)(H,40,42)(H,41,43)/t17-,18?/m0/s1. The molecule has 0 spiro atoms. The summed E-state index contributed by atoms with van der Waals surface area (Å²) < 4.78 is 96.4. The van der Waals surface area contributed by atoms with E-state index >= 15 is 0 Å². The minimum Gasteiger partial charge on any atom is -0.326 e. The number of carbonyl (C=O) groups is 3. The highest BCUT2D eigenvalue weighted by Gasteiger charge is 2.67. The second-order valence-corrected chi connectivity index (χ2v) is 11.9. The van der Waals surface area contributed by atoms with E-state index in [4.69, 9.17) is 58.0 Å². The van der Waals surface area contributed by atoms with Crippen LogP contribution in [-0.4, -0.2) is 35.0 Å². The first-order chi connectivity index (χ1) is 20.8. The van der Waals surface area contributed by atoms with Crippen molar-refractivity contribution in [3.8, 4) is 0 Å². The van der Waals surface area contributed by atoms with Gasteiger partial charge in [-0.3, -0.25) is 19.1 Å². The van der Waals surface area contributed by atoms with Crippen LogP contribution in [0.2, 0.25) is 15.1 Å². The number of nitrogens with one attached hydrogen (secondary N) is 3. The molecule has 0 saturated heterocycles. The largest absolute Gasteiger partial charge is 0.523 e. The lowest BCUT2D eigenvalue weighted by Gasteiger charge is -2.14. The third-order valence-corrected chi connectivity index (χ3v) is 8.35. The average molecular weight is 742 g/mol. The molecule has 0 radical (unpaired) electrons. The van der Waals surface area contributed by atoms with Gasteiger partial charge < -0.3 is 16.0 Å². The Kier molecular flexibility index (Phi) is 10.1. The highest BCUT2D eigenvalue weighted by Crippen LogP contribution is 2.65. The molecule has 2 atom stereocenters. The van der Waals surface area contributed by atoms with Gasteiger partial charge in [0.2, 0.25) is 5.91 Å². The van der Waals surface area contributed by atoms with Crippen LogP contribution in [0, 0.1) is 29.2 Å². The van der Waals surface area contributed by atoms with Gasteiger partial charge in [-0.25, -0.2) is 17.6 Å². The molecule has 0 aromatic heterocycles. The van der Waals surface area contributed by atoms with Crippen LogP contribution >= 0.6 is 58.0 Å². The van der Waals surface area contributed by atoms with Gasteiger partial charge in [0, 0.05) is 17.7 Å². The first-order valence-electron chi connectivity index (χ1n) is 11.9. The summed E-state index contributed by atoms with van der Waals surface area (Å²) in [4.78, 5) is 37.4. The van der Waals surface area contributed by atoms with E-state index in [1.54, 1.807) is 10.6 Å². The molecule has 0 heterocycles. The van der Waals surface area contributed by atoms with E-state index in [0.717, 1.165) is 0 Å². The molecule has 3 N–H and O–H groups in total.